The van der Waals surface area contributed by atoms with Crippen LogP contribution in [0.3, 0.4) is 0 Å². The normalized spacial score (nSPS) is 15.3. The minimum atomic E-state index is -0.759. The molecule has 5 heteroatoms. The van der Waals surface area contributed by atoms with Gasteiger partial charge in [0.1, 0.15) is 0 Å². The van der Waals surface area contributed by atoms with Crippen LogP contribution in [0.15, 0.2) is 54.6 Å². The van der Waals surface area contributed by atoms with Gasteiger partial charge in [-0.3, -0.25) is 9.59 Å². The molecule has 5 nitrogen and oxygen atoms in total. The van der Waals surface area contributed by atoms with Crippen LogP contribution in [0.5, 0.6) is 0 Å². The lowest BCUT2D eigenvalue weighted by atomic mass is 10.1. The number of carbonyl (C=O) groups excluding carboxylic acids is 2. The Kier molecular flexibility index (Phi) is 6.12. The van der Waals surface area contributed by atoms with Crippen molar-refractivity contribution in [3.05, 3.63) is 65.7 Å². The van der Waals surface area contributed by atoms with Crippen LogP contribution in [-0.4, -0.2) is 49.1 Å². The Balaban J connectivity index is 1.49. The first-order chi connectivity index (χ1) is 13.0. The predicted molar refractivity (Wildman–Crippen MR) is 106 cm³/mol. The summed E-state index contributed by atoms with van der Waals surface area (Å²) in [7, 11) is 0. The van der Waals surface area contributed by atoms with E-state index >= 15 is 0 Å². The van der Waals surface area contributed by atoms with Gasteiger partial charge in [0, 0.05) is 31.9 Å². The summed E-state index contributed by atoms with van der Waals surface area (Å²) in [5, 5.41) is 0. The second kappa shape index (κ2) is 8.71. The second-order valence-electron chi connectivity index (χ2n) is 6.88. The number of rotatable bonds is 5. The average Bonchev–Trinajstić information content (AvgIpc) is 2.70. The molecule has 142 valence electrons. The van der Waals surface area contributed by atoms with E-state index in [4.69, 9.17) is 4.74 Å². The molecule has 0 unspecified atom stereocenters. The van der Waals surface area contributed by atoms with E-state index in [2.05, 4.69) is 17.0 Å². The van der Waals surface area contributed by atoms with Crippen molar-refractivity contribution in [1.29, 1.82) is 0 Å². The number of nitrogens with zero attached hydrogens (tertiary/aromatic N) is 2. The van der Waals surface area contributed by atoms with Gasteiger partial charge in [-0.05, 0) is 37.1 Å². The Morgan fingerprint density at radius 1 is 0.963 bits per heavy atom. The molecule has 2 aromatic carbocycles. The Labute approximate surface area is 160 Å². The molecule has 1 atom stereocenters. The zero-order chi connectivity index (χ0) is 19.2. The van der Waals surface area contributed by atoms with Crippen molar-refractivity contribution in [2.45, 2.75) is 26.4 Å². The third-order valence-corrected chi connectivity index (χ3v) is 4.96. The maximum absolute atomic E-state index is 12.6. The van der Waals surface area contributed by atoms with Gasteiger partial charge in [-0.1, -0.05) is 42.5 Å². The average molecular weight is 366 g/mol. The smallest absolute Gasteiger partial charge is 0.311 e. The highest BCUT2D eigenvalue weighted by atomic mass is 16.5. The van der Waals surface area contributed by atoms with E-state index in [-0.39, 0.29) is 18.3 Å². The third-order valence-electron chi connectivity index (χ3n) is 4.96. The van der Waals surface area contributed by atoms with Crippen molar-refractivity contribution < 1.29 is 14.3 Å². The molecule has 1 aliphatic heterocycles. The number of amides is 1. The lowest BCUT2D eigenvalue weighted by Gasteiger charge is -2.37. The summed E-state index contributed by atoms with van der Waals surface area (Å²) in [6.45, 7) is 6.44. The van der Waals surface area contributed by atoms with Crippen LogP contribution in [0.4, 0.5) is 5.69 Å². The van der Waals surface area contributed by atoms with Crippen LogP contribution in [-0.2, 0) is 20.7 Å². The van der Waals surface area contributed by atoms with Gasteiger partial charge < -0.3 is 14.5 Å². The molecule has 0 saturated carbocycles. The van der Waals surface area contributed by atoms with E-state index in [9.17, 15) is 9.59 Å². The van der Waals surface area contributed by atoms with Gasteiger partial charge in [-0.25, -0.2) is 0 Å². The third kappa shape index (κ3) is 4.88. The largest absolute Gasteiger partial charge is 0.452 e. The number of carbonyl (C=O) groups is 2. The van der Waals surface area contributed by atoms with Gasteiger partial charge >= 0.3 is 5.97 Å². The molecule has 1 fully saturated rings. The molecular weight excluding hydrogens is 340 g/mol. The molecule has 1 heterocycles. The Bertz CT molecular complexity index is 783. The number of piperazine rings is 1. The van der Waals surface area contributed by atoms with Crippen molar-refractivity contribution in [2.75, 3.05) is 31.1 Å². The van der Waals surface area contributed by atoms with Crippen LogP contribution in [0.25, 0.3) is 0 Å². The van der Waals surface area contributed by atoms with Gasteiger partial charge in [0.25, 0.3) is 5.91 Å². The van der Waals surface area contributed by atoms with Crippen molar-refractivity contribution in [1.82, 2.24) is 4.90 Å². The molecule has 0 N–H and O–H groups in total. The number of esters is 1. The molecule has 1 amide bonds. The zero-order valence-electron chi connectivity index (χ0n) is 15.9. The van der Waals surface area contributed by atoms with E-state index in [1.165, 1.54) is 5.69 Å². The number of hydrogen-bond donors (Lipinski definition) is 0. The lowest BCUT2D eigenvalue weighted by molar-refractivity contribution is -0.158. The Hall–Kier alpha value is -2.82. The molecule has 0 aromatic heterocycles. The van der Waals surface area contributed by atoms with E-state index in [0.717, 1.165) is 24.2 Å². The summed E-state index contributed by atoms with van der Waals surface area (Å²) >= 11 is 0. The fraction of sp³-hybridized carbons (Fsp3) is 0.364. The number of anilines is 1. The first-order valence-corrected chi connectivity index (χ1v) is 9.37. The highest BCUT2D eigenvalue weighted by molar-refractivity contribution is 5.84. The van der Waals surface area contributed by atoms with Crippen molar-refractivity contribution in [2.24, 2.45) is 0 Å². The van der Waals surface area contributed by atoms with E-state index in [1.54, 1.807) is 11.8 Å². The van der Waals surface area contributed by atoms with Crippen LogP contribution in [0.1, 0.15) is 18.1 Å². The minimum absolute atomic E-state index is 0.124. The van der Waals surface area contributed by atoms with Gasteiger partial charge in [-0.2, -0.15) is 0 Å². The van der Waals surface area contributed by atoms with Crippen LogP contribution < -0.4 is 4.90 Å². The van der Waals surface area contributed by atoms with Gasteiger partial charge in [-0.15, -0.1) is 0 Å². The molecular formula is C22H26N2O3. The SMILES string of the molecule is Cc1ccccc1CC(=O)O[C@@H](C)C(=O)N1CCN(c2ccccc2)CC1. The van der Waals surface area contributed by atoms with E-state index in [1.807, 2.05) is 49.4 Å². The summed E-state index contributed by atoms with van der Waals surface area (Å²) < 4.78 is 5.39. The van der Waals surface area contributed by atoms with Gasteiger partial charge in [0.2, 0.25) is 0 Å². The van der Waals surface area contributed by atoms with E-state index < -0.39 is 6.10 Å². The summed E-state index contributed by atoms with van der Waals surface area (Å²) in [4.78, 5) is 28.9. The summed E-state index contributed by atoms with van der Waals surface area (Å²) in [5.41, 5.74) is 3.14. The fourth-order valence-electron chi connectivity index (χ4n) is 3.33. The predicted octanol–water partition coefficient (Wildman–Crippen LogP) is 2.82. The highest BCUT2D eigenvalue weighted by Crippen LogP contribution is 2.16. The summed E-state index contributed by atoms with van der Waals surface area (Å²) in [6, 6.07) is 17.9. The molecule has 0 spiro atoms. The fourth-order valence-corrected chi connectivity index (χ4v) is 3.33. The van der Waals surface area contributed by atoms with Gasteiger partial charge in [0.15, 0.2) is 6.10 Å². The summed E-state index contributed by atoms with van der Waals surface area (Å²) in [6.07, 6.45) is -0.573. The first kappa shape index (κ1) is 19.0. The first-order valence-electron chi connectivity index (χ1n) is 9.37. The van der Waals surface area contributed by atoms with Crippen LogP contribution in [0, 0.1) is 6.92 Å². The van der Waals surface area contributed by atoms with Crippen LogP contribution >= 0.6 is 0 Å². The molecule has 2 aromatic rings. The number of aryl methyl sites for hydroxylation is 1. The molecule has 27 heavy (non-hydrogen) atoms. The maximum atomic E-state index is 12.6. The minimum Gasteiger partial charge on any atom is -0.452 e. The number of ether oxygens (including phenoxy) is 1. The molecule has 1 aliphatic rings. The van der Waals surface area contributed by atoms with Crippen molar-refractivity contribution in [3.63, 3.8) is 0 Å². The lowest BCUT2D eigenvalue weighted by Crippen LogP contribution is -2.51. The maximum Gasteiger partial charge on any atom is 0.311 e. The van der Waals surface area contributed by atoms with Crippen LogP contribution in [0.2, 0.25) is 0 Å². The van der Waals surface area contributed by atoms with Crippen molar-refractivity contribution in [3.8, 4) is 0 Å². The quantitative estimate of drug-likeness (QED) is 0.764. The summed E-state index contributed by atoms with van der Waals surface area (Å²) in [5.74, 6) is -0.492. The standard InChI is InChI=1S/C22H26N2O3/c1-17-8-6-7-9-19(17)16-21(25)27-18(2)22(26)24-14-12-23(13-15-24)20-10-4-3-5-11-20/h3-11,18H,12-16H2,1-2H3/t18-/m0/s1. The molecule has 0 radical (unpaired) electrons. The van der Waals surface area contributed by atoms with Gasteiger partial charge in [0.05, 0.1) is 6.42 Å². The number of hydrogen-bond acceptors (Lipinski definition) is 4. The highest BCUT2D eigenvalue weighted by Gasteiger charge is 2.27. The van der Waals surface area contributed by atoms with Crippen molar-refractivity contribution >= 4 is 17.6 Å². The number of benzene rings is 2. The monoisotopic (exact) mass is 366 g/mol. The number of para-hydroxylation sites is 1. The molecule has 0 bridgehead atoms. The molecule has 0 aliphatic carbocycles. The zero-order valence-corrected chi connectivity index (χ0v) is 15.9. The Morgan fingerprint density at radius 3 is 2.26 bits per heavy atom. The molecule has 1 saturated heterocycles. The topological polar surface area (TPSA) is 49.9 Å². The van der Waals surface area contributed by atoms with E-state index in [0.29, 0.717) is 13.1 Å². The Morgan fingerprint density at radius 2 is 1.59 bits per heavy atom. The second-order valence-corrected chi connectivity index (χ2v) is 6.88. The molecule has 3 rings (SSSR count).